The Kier molecular flexibility index (Phi) is 4.18. The van der Waals surface area contributed by atoms with Crippen molar-refractivity contribution in [2.45, 2.75) is 71.6 Å². The highest BCUT2D eigenvalue weighted by Gasteiger charge is 2.60. The van der Waals surface area contributed by atoms with Gasteiger partial charge in [0.2, 0.25) is 0 Å². The Bertz CT molecular complexity index is 550. The molecule has 0 aromatic heterocycles. The lowest BCUT2D eigenvalue weighted by molar-refractivity contribution is -0.151. The summed E-state index contributed by atoms with van der Waals surface area (Å²) >= 11 is 0. The molecule has 0 aromatic rings. The third-order valence-corrected chi connectivity index (χ3v) is 8.79. The second-order valence-electron chi connectivity index (χ2n) is 9.37. The number of hydrogen-bond acceptors (Lipinski definition) is 2. The molecule has 6 unspecified atom stereocenters. The normalized spacial score (nSPS) is 49.6. The minimum Gasteiger partial charge on any atom is -0.384 e. The van der Waals surface area contributed by atoms with Crippen LogP contribution in [0.2, 0.25) is 0 Å². The lowest BCUT2D eigenvalue weighted by atomic mass is 9.44. The van der Waals surface area contributed by atoms with Crippen LogP contribution in [0.4, 0.5) is 0 Å². The molecule has 6 atom stereocenters. The highest BCUT2D eigenvalue weighted by Crippen LogP contribution is 2.67. The molecular weight excluding hydrogens is 296 g/mol. The predicted molar refractivity (Wildman–Crippen MR) is 96.7 cm³/mol. The fourth-order valence-corrected chi connectivity index (χ4v) is 7.72. The fourth-order valence-electron chi connectivity index (χ4n) is 7.72. The summed E-state index contributed by atoms with van der Waals surface area (Å²) in [6, 6.07) is 0. The molecule has 4 fully saturated rings. The number of allylic oxidation sites excluding steroid dienone is 2. The number of Topliss-reactive ketones (excluding diaryl/α,β-unsaturated/α-hetero) is 1. The summed E-state index contributed by atoms with van der Waals surface area (Å²) in [7, 11) is 1.87. The van der Waals surface area contributed by atoms with E-state index in [-0.39, 0.29) is 0 Å². The minimum absolute atomic E-state index is 0.297. The highest BCUT2D eigenvalue weighted by molar-refractivity contribution is 5.79. The van der Waals surface area contributed by atoms with E-state index in [4.69, 9.17) is 4.74 Å². The summed E-state index contributed by atoms with van der Waals surface area (Å²) < 4.78 is 5.78. The molecule has 0 aromatic carbocycles. The van der Waals surface area contributed by atoms with Crippen LogP contribution in [-0.2, 0) is 9.53 Å². The smallest absolute Gasteiger partial charge is 0.133 e. The quantitative estimate of drug-likeness (QED) is 0.653. The molecule has 0 N–H and O–H groups in total. The van der Waals surface area contributed by atoms with Gasteiger partial charge in [0.05, 0.1) is 6.61 Å². The molecule has 4 aliphatic rings. The van der Waals surface area contributed by atoms with Crippen LogP contribution in [-0.4, -0.2) is 19.5 Å². The molecule has 2 nitrogen and oxygen atoms in total. The molecule has 0 saturated heterocycles. The molecule has 4 rings (SSSR count). The second kappa shape index (κ2) is 5.97. The van der Waals surface area contributed by atoms with Crippen molar-refractivity contribution in [3.8, 4) is 0 Å². The standard InChI is InChI=1S/C22H34O2/c1-4-15-6-8-19-18-7-5-16-13-17(23)9-12-22(16,14-24-3)20(18)10-11-21(15,19)2/h4,16,18-20H,5-14H2,1-3H3/b15-4-. The van der Waals surface area contributed by atoms with Gasteiger partial charge in [-0.25, -0.2) is 0 Å². The Morgan fingerprint density at radius 3 is 2.71 bits per heavy atom. The van der Waals surface area contributed by atoms with Crippen LogP contribution in [0.15, 0.2) is 11.6 Å². The summed E-state index contributed by atoms with van der Waals surface area (Å²) in [5.74, 6) is 3.61. The van der Waals surface area contributed by atoms with Crippen LogP contribution in [0.1, 0.15) is 71.6 Å². The molecule has 4 aliphatic carbocycles. The van der Waals surface area contributed by atoms with Crippen molar-refractivity contribution in [2.24, 2.45) is 34.5 Å². The van der Waals surface area contributed by atoms with Crippen LogP contribution < -0.4 is 0 Å². The number of rotatable bonds is 2. The SMILES string of the molecule is C/C=C1/CCC2C3CCC4CC(=O)CCC4(COC)C3CCC12C. The number of fused-ring (bicyclic) bond motifs is 5. The maximum atomic E-state index is 12.1. The van der Waals surface area contributed by atoms with Gasteiger partial charge in [-0.1, -0.05) is 18.6 Å². The first kappa shape index (κ1) is 16.8. The zero-order valence-electron chi connectivity index (χ0n) is 15.8. The van der Waals surface area contributed by atoms with Crippen LogP contribution in [0.25, 0.3) is 0 Å². The van der Waals surface area contributed by atoms with E-state index in [0.29, 0.717) is 22.5 Å². The fraction of sp³-hybridized carbons (Fsp3) is 0.864. The molecule has 0 bridgehead atoms. The average molecular weight is 331 g/mol. The molecule has 0 heterocycles. The molecule has 0 aliphatic heterocycles. The van der Waals surface area contributed by atoms with Gasteiger partial charge in [-0.3, -0.25) is 4.79 Å². The van der Waals surface area contributed by atoms with Crippen molar-refractivity contribution in [1.82, 2.24) is 0 Å². The van der Waals surface area contributed by atoms with Crippen molar-refractivity contribution < 1.29 is 9.53 Å². The Morgan fingerprint density at radius 2 is 1.96 bits per heavy atom. The van der Waals surface area contributed by atoms with Crippen LogP contribution in [0.3, 0.4) is 0 Å². The van der Waals surface area contributed by atoms with E-state index >= 15 is 0 Å². The van der Waals surface area contributed by atoms with Crippen molar-refractivity contribution in [2.75, 3.05) is 13.7 Å². The first-order valence-corrected chi connectivity index (χ1v) is 10.2. The van der Waals surface area contributed by atoms with E-state index in [2.05, 4.69) is 19.9 Å². The first-order chi connectivity index (χ1) is 11.5. The lowest BCUT2D eigenvalue weighted by Gasteiger charge is -2.60. The number of ether oxygens (including phenoxy) is 1. The Hall–Kier alpha value is -0.630. The van der Waals surface area contributed by atoms with E-state index in [0.717, 1.165) is 43.6 Å². The monoisotopic (exact) mass is 330 g/mol. The van der Waals surface area contributed by atoms with Crippen molar-refractivity contribution in [1.29, 1.82) is 0 Å². The Morgan fingerprint density at radius 1 is 1.12 bits per heavy atom. The molecule has 2 heteroatoms. The van der Waals surface area contributed by atoms with Gasteiger partial charge in [-0.2, -0.15) is 0 Å². The van der Waals surface area contributed by atoms with Crippen molar-refractivity contribution in [3.05, 3.63) is 11.6 Å². The van der Waals surface area contributed by atoms with Crippen LogP contribution in [0.5, 0.6) is 0 Å². The molecule has 0 spiro atoms. The lowest BCUT2D eigenvalue weighted by Crippen LogP contribution is -2.56. The zero-order valence-corrected chi connectivity index (χ0v) is 15.8. The highest BCUT2D eigenvalue weighted by atomic mass is 16.5. The van der Waals surface area contributed by atoms with Gasteiger partial charge in [-0.05, 0) is 81.0 Å². The summed E-state index contributed by atoms with van der Waals surface area (Å²) in [5.41, 5.74) is 2.49. The van der Waals surface area contributed by atoms with E-state index < -0.39 is 0 Å². The zero-order chi connectivity index (χ0) is 16.9. The van der Waals surface area contributed by atoms with E-state index in [1.807, 2.05) is 7.11 Å². The minimum atomic E-state index is 0.297. The number of ketones is 1. The molecule has 134 valence electrons. The molecule has 24 heavy (non-hydrogen) atoms. The second-order valence-corrected chi connectivity index (χ2v) is 9.37. The van der Waals surface area contributed by atoms with Gasteiger partial charge in [-0.15, -0.1) is 0 Å². The summed E-state index contributed by atoms with van der Waals surface area (Å²) in [6.07, 6.45) is 13.2. The van der Waals surface area contributed by atoms with Gasteiger partial charge >= 0.3 is 0 Å². The number of carbonyl (C=O) groups excluding carboxylic acids is 1. The average Bonchev–Trinajstić information content (AvgIpc) is 2.92. The van der Waals surface area contributed by atoms with Gasteiger partial charge in [0.1, 0.15) is 5.78 Å². The van der Waals surface area contributed by atoms with E-state index in [9.17, 15) is 4.79 Å². The van der Waals surface area contributed by atoms with Gasteiger partial charge in [0.15, 0.2) is 0 Å². The third-order valence-electron chi connectivity index (χ3n) is 8.79. The van der Waals surface area contributed by atoms with Gasteiger partial charge in [0, 0.05) is 25.4 Å². The van der Waals surface area contributed by atoms with Crippen LogP contribution >= 0.6 is 0 Å². The summed E-state index contributed by atoms with van der Waals surface area (Å²) in [4.78, 5) is 12.1. The predicted octanol–water partition coefficient (Wildman–Crippen LogP) is 5.17. The number of methoxy groups -OCH3 is 1. The summed E-state index contributed by atoms with van der Waals surface area (Å²) in [5, 5.41) is 0. The third kappa shape index (κ3) is 2.21. The summed E-state index contributed by atoms with van der Waals surface area (Å²) in [6.45, 7) is 5.67. The van der Waals surface area contributed by atoms with Crippen molar-refractivity contribution >= 4 is 5.78 Å². The molecule has 0 radical (unpaired) electrons. The van der Waals surface area contributed by atoms with Gasteiger partial charge in [0.25, 0.3) is 0 Å². The maximum absolute atomic E-state index is 12.1. The van der Waals surface area contributed by atoms with Gasteiger partial charge < -0.3 is 4.74 Å². The molecule has 4 saturated carbocycles. The largest absolute Gasteiger partial charge is 0.384 e. The van der Waals surface area contributed by atoms with Crippen LogP contribution in [0, 0.1) is 34.5 Å². The Labute approximate surface area is 147 Å². The number of carbonyl (C=O) groups is 1. The molecule has 0 amide bonds. The maximum Gasteiger partial charge on any atom is 0.133 e. The van der Waals surface area contributed by atoms with Crippen molar-refractivity contribution in [3.63, 3.8) is 0 Å². The van der Waals surface area contributed by atoms with E-state index in [1.165, 1.54) is 38.5 Å². The van der Waals surface area contributed by atoms with E-state index in [1.54, 1.807) is 5.57 Å². The number of hydrogen-bond donors (Lipinski definition) is 0. The Balaban J connectivity index is 1.67. The first-order valence-electron chi connectivity index (χ1n) is 10.2. The topological polar surface area (TPSA) is 26.3 Å². The molecular formula is C22H34O2.